The molecule has 1 saturated heterocycles. The monoisotopic (exact) mass is 411 g/mol. The number of benzene rings is 2. The molecule has 29 heavy (non-hydrogen) atoms. The van der Waals surface area contributed by atoms with Gasteiger partial charge in [-0.3, -0.25) is 19.3 Å². The van der Waals surface area contributed by atoms with Crippen molar-refractivity contribution in [2.75, 3.05) is 13.2 Å². The molecule has 150 valence electrons. The van der Waals surface area contributed by atoms with Crippen molar-refractivity contribution in [1.82, 2.24) is 4.90 Å². The summed E-state index contributed by atoms with van der Waals surface area (Å²) in [5.74, 6) is -0.392. The standard InChI is InChI=1S/C22H21NO5S/c1-3-27-20(24)13-23-21(25)19(29-22(23)26)12-16-8-10-18(11-9-16)28-14-17-6-4-15(2)5-7-17/h4-12H,3,13-14H2,1-2H3/b19-12-. The minimum atomic E-state index is -0.605. The number of esters is 1. The molecule has 1 fully saturated rings. The predicted molar refractivity (Wildman–Crippen MR) is 111 cm³/mol. The van der Waals surface area contributed by atoms with Gasteiger partial charge >= 0.3 is 5.97 Å². The molecule has 1 aliphatic rings. The Morgan fingerprint density at radius 3 is 2.41 bits per heavy atom. The molecule has 0 bridgehead atoms. The number of nitrogens with zero attached hydrogens (tertiary/aromatic N) is 1. The molecule has 6 nitrogen and oxygen atoms in total. The smallest absolute Gasteiger partial charge is 0.326 e. The van der Waals surface area contributed by atoms with Crippen LogP contribution in [-0.4, -0.2) is 35.2 Å². The third-order valence-electron chi connectivity index (χ3n) is 4.17. The van der Waals surface area contributed by atoms with E-state index in [0.29, 0.717) is 12.4 Å². The summed E-state index contributed by atoms with van der Waals surface area (Å²) >= 11 is 0.809. The summed E-state index contributed by atoms with van der Waals surface area (Å²) in [5, 5.41) is -0.479. The molecule has 1 aliphatic heterocycles. The fourth-order valence-electron chi connectivity index (χ4n) is 2.63. The second-order valence-corrected chi connectivity index (χ2v) is 7.41. The molecule has 0 spiro atoms. The number of imide groups is 1. The molecular weight excluding hydrogens is 390 g/mol. The van der Waals surface area contributed by atoms with Crippen LogP contribution < -0.4 is 4.74 Å². The Labute approximate surface area is 173 Å². The lowest BCUT2D eigenvalue weighted by Crippen LogP contribution is -2.34. The van der Waals surface area contributed by atoms with Crippen LogP contribution in [0.1, 0.15) is 23.6 Å². The first kappa shape index (κ1) is 20.7. The summed E-state index contributed by atoms with van der Waals surface area (Å²) in [5.41, 5.74) is 3.04. The van der Waals surface area contributed by atoms with Gasteiger partial charge in [0, 0.05) is 0 Å². The Bertz CT molecular complexity index is 935. The van der Waals surface area contributed by atoms with E-state index in [1.165, 1.54) is 5.56 Å². The van der Waals surface area contributed by atoms with Crippen LogP contribution in [0.25, 0.3) is 6.08 Å². The average Bonchev–Trinajstić information content (AvgIpc) is 2.96. The molecule has 0 N–H and O–H groups in total. The summed E-state index contributed by atoms with van der Waals surface area (Å²) < 4.78 is 10.6. The molecule has 7 heteroatoms. The molecule has 0 aliphatic carbocycles. The Balaban J connectivity index is 1.61. The maximum Gasteiger partial charge on any atom is 0.326 e. The summed E-state index contributed by atoms with van der Waals surface area (Å²) in [4.78, 5) is 37.1. The molecule has 0 atom stereocenters. The van der Waals surface area contributed by atoms with Crippen LogP contribution in [0.3, 0.4) is 0 Å². The molecule has 2 aromatic carbocycles. The number of carbonyl (C=O) groups is 3. The lowest BCUT2D eigenvalue weighted by molar-refractivity contribution is -0.145. The van der Waals surface area contributed by atoms with Crippen molar-refractivity contribution in [3.63, 3.8) is 0 Å². The van der Waals surface area contributed by atoms with Gasteiger partial charge in [0.25, 0.3) is 11.1 Å². The number of carbonyl (C=O) groups excluding carboxylic acids is 3. The fraction of sp³-hybridized carbons (Fsp3) is 0.227. The van der Waals surface area contributed by atoms with Gasteiger partial charge in [-0.1, -0.05) is 42.0 Å². The lowest BCUT2D eigenvalue weighted by Gasteiger charge is -2.10. The van der Waals surface area contributed by atoms with E-state index in [1.54, 1.807) is 13.0 Å². The minimum absolute atomic E-state index is 0.198. The van der Waals surface area contributed by atoms with Gasteiger partial charge < -0.3 is 9.47 Å². The van der Waals surface area contributed by atoms with E-state index >= 15 is 0 Å². The van der Waals surface area contributed by atoms with Crippen LogP contribution in [0.4, 0.5) is 4.79 Å². The topological polar surface area (TPSA) is 72.9 Å². The first-order valence-corrected chi connectivity index (χ1v) is 9.97. The quantitative estimate of drug-likeness (QED) is 0.503. The maximum absolute atomic E-state index is 12.4. The molecule has 2 aromatic rings. The van der Waals surface area contributed by atoms with Gasteiger partial charge in [0.05, 0.1) is 11.5 Å². The van der Waals surface area contributed by atoms with E-state index in [-0.39, 0.29) is 18.1 Å². The highest BCUT2D eigenvalue weighted by Gasteiger charge is 2.36. The number of aryl methyl sites for hydroxylation is 1. The van der Waals surface area contributed by atoms with E-state index in [2.05, 4.69) is 0 Å². The maximum atomic E-state index is 12.4. The number of hydrogen-bond acceptors (Lipinski definition) is 6. The molecule has 2 amide bonds. The molecular formula is C22H21NO5S. The largest absolute Gasteiger partial charge is 0.489 e. The molecule has 1 heterocycles. The third kappa shape index (κ3) is 5.48. The summed E-state index contributed by atoms with van der Waals surface area (Å²) in [6.45, 7) is 3.99. The normalized spacial score (nSPS) is 15.1. The number of thioether (sulfide) groups is 1. The zero-order valence-corrected chi connectivity index (χ0v) is 17.0. The van der Waals surface area contributed by atoms with Crippen LogP contribution in [0, 0.1) is 6.92 Å². The van der Waals surface area contributed by atoms with Crippen LogP contribution >= 0.6 is 11.8 Å². The van der Waals surface area contributed by atoms with E-state index < -0.39 is 17.1 Å². The second kappa shape index (κ2) is 9.43. The minimum Gasteiger partial charge on any atom is -0.489 e. The Morgan fingerprint density at radius 2 is 1.76 bits per heavy atom. The summed E-state index contributed by atoms with van der Waals surface area (Å²) in [6.07, 6.45) is 1.62. The highest BCUT2D eigenvalue weighted by molar-refractivity contribution is 8.18. The van der Waals surface area contributed by atoms with E-state index in [4.69, 9.17) is 9.47 Å². The Hall–Kier alpha value is -3.06. The van der Waals surface area contributed by atoms with Gasteiger partial charge in [0.15, 0.2) is 0 Å². The highest BCUT2D eigenvalue weighted by Crippen LogP contribution is 2.32. The second-order valence-electron chi connectivity index (χ2n) is 6.42. The molecule has 3 rings (SSSR count). The van der Waals surface area contributed by atoms with Gasteiger partial charge in [-0.2, -0.15) is 0 Å². The van der Waals surface area contributed by atoms with Gasteiger partial charge in [0.1, 0.15) is 18.9 Å². The van der Waals surface area contributed by atoms with Gasteiger partial charge in [0.2, 0.25) is 0 Å². The van der Waals surface area contributed by atoms with Crippen LogP contribution in [0.5, 0.6) is 5.75 Å². The van der Waals surface area contributed by atoms with Gasteiger partial charge in [-0.05, 0) is 54.9 Å². The zero-order valence-electron chi connectivity index (χ0n) is 16.2. The van der Waals surface area contributed by atoms with E-state index in [1.807, 2.05) is 55.5 Å². The lowest BCUT2D eigenvalue weighted by atomic mass is 10.1. The van der Waals surface area contributed by atoms with Gasteiger partial charge in [-0.25, -0.2) is 0 Å². The fourth-order valence-corrected chi connectivity index (χ4v) is 3.47. The van der Waals surface area contributed by atoms with Crippen molar-refractivity contribution in [2.24, 2.45) is 0 Å². The van der Waals surface area contributed by atoms with Crippen LogP contribution in [0.15, 0.2) is 53.4 Å². The van der Waals surface area contributed by atoms with Gasteiger partial charge in [-0.15, -0.1) is 0 Å². The van der Waals surface area contributed by atoms with Crippen molar-refractivity contribution in [1.29, 1.82) is 0 Å². The molecule has 0 aromatic heterocycles. The Morgan fingerprint density at radius 1 is 1.07 bits per heavy atom. The third-order valence-corrected chi connectivity index (χ3v) is 5.08. The van der Waals surface area contributed by atoms with E-state index in [9.17, 15) is 14.4 Å². The van der Waals surface area contributed by atoms with Crippen molar-refractivity contribution in [3.05, 3.63) is 70.1 Å². The number of rotatable bonds is 7. The summed E-state index contributed by atoms with van der Waals surface area (Å²) in [6, 6.07) is 15.4. The predicted octanol–water partition coefficient (Wildman–Crippen LogP) is 4.17. The summed E-state index contributed by atoms with van der Waals surface area (Å²) in [7, 11) is 0. The molecule has 0 unspecified atom stereocenters. The number of amides is 2. The molecule has 0 saturated carbocycles. The molecule has 0 radical (unpaired) electrons. The van der Waals surface area contributed by atoms with Crippen molar-refractivity contribution < 1.29 is 23.9 Å². The first-order valence-electron chi connectivity index (χ1n) is 9.15. The average molecular weight is 411 g/mol. The van der Waals surface area contributed by atoms with Crippen LogP contribution in [0.2, 0.25) is 0 Å². The van der Waals surface area contributed by atoms with Crippen molar-refractivity contribution in [2.45, 2.75) is 20.5 Å². The Kier molecular flexibility index (Phi) is 6.72. The van der Waals surface area contributed by atoms with Crippen molar-refractivity contribution >= 4 is 35.0 Å². The highest BCUT2D eigenvalue weighted by atomic mass is 32.2. The number of hydrogen-bond donors (Lipinski definition) is 0. The van der Waals surface area contributed by atoms with Crippen molar-refractivity contribution in [3.8, 4) is 5.75 Å². The number of ether oxygens (including phenoxy) is 2. The first-order chi connectivity index (χ1) is 14.0. The zero-order chi connectivity index (χ0) is 20.8. The van der Waals surface area contributed by atoms with E-state index in [0.717, 1.165) is 27.8 Å². The van der Waals surface area contributed by atoms with Crippen LogP contribution in [-0.2, 0) is 20.9 Å². The SMILES string of the molecule is CCOC(=O)CN1C(=O)S/C(=C\c2ccc(OCc3ccc(C)cc3)cc2)C1=O.